The molecule has 0 radical (unpaired) electrons. The summed E-state index contributed by atoms with van der Waals surface area (Å²) in [5, 5.41) is 19.7. The van der Waals surface area contributed by atoms with E-state index in [1.807, 2.05) is 24.3 Å². The molecular formula is C19H15N7. The summed E-state index contributed by atoms with van der Waals surface area (Å²) in [4.78, 5) is 17.1. The van der Waals surface area contributed by atoms with Gasteiger partial charge in [-0.25, -0.2) is 9.97 Å². The summed E-state index contributed by atoms with van der Waals surface area (Å²) >= 11 is 0. The van der Waals surface area contributed by atoms with Gasteiger partial charge in [0.1, 0.15) is 12.1 Å². The van der Waals surface area contributed by atoms with Gasteiger partial charge in [0, 0.05) is 50.2 Å². The first kappa shape index (κ1) is 15.8. The van der Waals surface area contributed by atoms with E-state index in [9.17, 15) is 10.5 Å². The van der Waals surface area contributed by atoms with Crippen LogP contribution in [0, 0.1) is 22.7 Å². The lowest BCUT2D eigenvalue weighted by Crippen LogP contribution is -2.47. The van der Waals surface area contributed by atoms with E-state index in [1.54, 1.807) is 12.4 Å². The molecule has 3 heterocycles. The van der Waals surface area contributed by atoms with Gasteiger partial charge in [0.25, 0.3) is 0 Å². The molecule has 0 amide bonds. The molecule has 1 aliphatic rings. The second-order valence-electron chi connectivity index (χ2n) is 5.96. The minimum atomic E-state index is 0.341. The van der Waals surface area contributed by atoms with Crippen molar-refractivity contribution in [2.24, 2.45) is 0 Å². The number of nitriles is 2. The fraction of sp³-hybridized carbons (Fsp3) is 0.211. The number of fused-ring (bicyclic) bond motifs is 1. The Kier molecular flexibility index (Phi) is 4.04. The van der Waals surface area contributed by atoms with Crippen molar-refractivity contribution in [2.75, 3.05) is 36.0 Å². The van der Waals surface area contributed by atoms with E-state index in [0.29, 0.717) is 30.2 Å². The molecule has 4 rings (SSSR count). The fourth-order valence-corrected chi connectivity index (χ4v) is 3.33. The molecule has 1 aliphatic heterocycles. The topological polar surface area (TPSA) is 92.7 Å². The molecule has 1 aromatic carbocycles. The lowest BCUT2D eigenvalue weighted by atomic mass is 10.1. The normalized spacial score (nSPS) is 14.1. The van der Waals surface area contributed by atoms with E-state index in [-0.39, 0.29) is 0 Å². The van der Waals surface area contributed by atoms with Crippen LogP contribution in [0.3, 0.4) is 0 Å². The largest absolute Gasteiger partial charge is 0.366 e. The Labute approximate surface area is 150 Å². The van der Waals surface area contributed by atoms with Crippen LogP contribution in [0.2, 0.25) is 0 Å². The van der Waals surface area contributed by atoms with E-state index in [2.05, 4.69) is 36.9 Å². The Morgan fingerprint density at radius 3 is 2.35 bits per heavy atom. The lowest BCUT2D eigenvalue weighted by Gasteiger charge is -2.37. The number of aromatic nitrogens is 3. The molecule has 126 valence electrons. The van der Waals surface area contributed by atoms with Gasteiger partial charge in [-0.1, -0.05) is 18.2 Å². The van der Waals surface area contributed by atoms with E-state index < -0.39 is 0 Å². The van der Waals surface area contributed by atoms with Gasteiger partial charge in [-0.05, 0) is 6.07 Å². The molecule has 1 saturated heterocycles. The van der Waals surface area contributed by atoms with Crippen molar-refractivity contribution in [3.63, 3.8) is 0 Å². The van der Waals surface area contributed by atoms with Gasteiger partial charge in [-0.3, -0.25) is 4.98 Å². The second kappa shape index (κ2) is 6.66. The number of piperazine rings is 1. The number of pyridine rings is 1. The van der Waals surface area contributed by atoms with Gasteiger partial charge in [0.2, 0.25) is 0 Å². The summed E-state index contributed by atoms with van der Waals surface area (Å²) < 4.78 is 0. The third-order valence-electron chi connectivity index (χ3n) is 4.55. The smallest absolute Gasteiger partial charge is 0.183 e. The molecular weight excluding hydrogens is 326 g/mol. The Hall–Kier alpha value is -3.71. The highest BCUT2D eigenvalue weighted by Crippen LogP contribution is 2.30. The van der Waals surface area contributed by atoms with Gasteiger partial charge >= 0.3 is 0 Å². The SMILES string of the molecule is N#Cc1cnc2ccccc2c1N1CCN(c2nccnc2C#N)CC1. The molecule has 0 N–H and O–H groups in total. The molecule has 7 heteroatoms. The van der Waals surface area contributed by atoms with Gasteiger partial charge in [-0.15, -0.1) is 0 Å². The quantitative estimate of drug-likeness (QED) is 0.704. The van der Waals surface area contributed by atoms with Crippen LogP contribution in [-0.2, 0) is 0 Å². The van der Waals surface area contributed by atoms with Crippen LogP contribution in [0.4, 0.5) is 11.5 Å². The van der Waals surface area contributed by atoms with Crippen LogP contribution in [0.5, 0.6) is 0 Å². The Bertz CT molecular complexity index is 1040. The Morgan fingerprint density at radius 1 is 0.846 bits per heavy atom. The monoisotopic (exact) mass is 341 g/mol. The maximum Gasteiger partial charge on any atom is 0.183 e. The third kappa shape index (κ3) is 2.66. The van der Waals surface area contributed by atoms with Gasteiger partial charge < -0.3 is 9.80 Å². The van der Waals surface area contributed by atoms with Crippen molar-refractivity contribution in [2.45, 2.75) is 0 Å². The molecule has 3 aromatic rings. The van der Waals surface area contributed by atoms with E-state index in [0.717, 1.165) is 29.7 Å². The maximum atomic E-state index is 9.53. The summed E-state index contributed by atoms with van der Waals surface area (Å²) in [5.74, 6) is 0.620. The van der Waals surface area contributed by atoms with Crippen LogP contribution >= 0.6 is 0 Å². The van der Waals surface area contributed by atoms with Crippen molar-refractivity contribution >= 4 is 22.4 Å². The standard InChI is InChI=1S/C19H15N7/c20-11-14-13-24-16-4-2-1-3-15(16)18(14)25-7-9-26(10-8-25)19-17(12-21)22-5-6-23-19/h1-6,13H,7-10H2. The fourth-order valence-electron chi connectivity index (χ4n) is 3.33. The Balaban J connectivity index is 1.64. The van der Waals surface area contributed by atoms with E-state index >= 15 is 0 Å². The van der Waals surface area contributed by atoms with E-state index in [1.165, 1.54) is 6.20 Å². The average Bonchev–Trinajstić information content (AvgIpc) is 2.73. The molecule has 2 aromatic heterocycles. The Morgan fingerprint density at radius 2 is 1.58 bits per heavy atom. The average molecular weight is 341 g/mol. The third-order valence-corrected chi connectivity index (χ3v) is 4.55. The number of rotatable bonds is 2. The van der Waals surface area contributed by atoms with Crippen LogP contribution in [0.1, 0.15) is 11.3 Å². The molecule has 7 nitrogen and oxygen atoms in total. The number of hydrogen-bond donors (Lipinski definition) is 0. The number of hydrogen-bond acceptors (Lipinski definition) is 7. The van der Waals surface area contributed by atoms with Crippen molar-refractivity contribution in [3.05, 3.63) is 54.1 Å². The minimum absolute atomic E-state index is 0.341. The summed E-state index contributed by atoms with van der Waals surface area (Å²) in [6.45, 7) is 2.86. The van der Waals surface area contributed by atoms with Crippen LogP contribution in [0.15, 0.2) is 42.9 Å². The molecule has 0 aliphatic carbocycles. The molecule has 0 bridgehead atoms. The summed E-state index contributed by atoms with van der Waals surface area (Å²) in [7, 11) is 0. The van der Waals surface area contributed by atoms with Crippen LogP contribution < -0.4 is 9.80 Å². The summed E-state index contributed by atoms with van der Waals surface area (Å²) in [6.07, 6.45) is 4.77. The number of nitrogens with zero attached hydrogens (tertiary/aromatic N) is 7. The first-order valence-corrected chi connectivity index (χ1v) is 8.30. The number of anilines is 2. The first-order chi connectivity index (χ1) is 12.8. The number of para-hydroxylation sites is 1. The zero-order valence-corrected chi connectivity index (χ0v) is 14.0. The van der Waals surface area contributed by atoms with Crippen LogP contribution in [0.25, 0.3) is 10.9 Å². The van der Waals surface area contributed by atoms with Crippen molar-refractivity contribution in [1.29, 1.82) is 10.5 Å². The van der Waals surface area contributed by atoms with Gasteiger partial charge in [0.15, 0.2) is 11.5 Å². The molecule has 0 saturated carbocycles. The van der Waals surface area contributed by atoms with Gasteiger partial charge in [-0.2, -0.15) is 10.5 Å². The maximum absolute atomic E-state index is 9.53. The van der Waals surface area contributed by atoms with Crippen LogP contribution in [-0.4, -0.2) is 41.1 Å². The predicted octanol–water partition coefficient (Wildman–Crippen LogP) is 2.09. The first-order valence-electron chi connectivity index (χ1n) is 8.30. The van der Waals surface area contributed by atoms with E-state index in [4.69, 9.17) is 0 Å². The minimum Gasteiger partial charge on any atom is -0.366 e. The lowest BCUT2D eigenvalue weighted by molar-refractivity contribution is 0.646. The predicted molar refractivity (Wildman–Crippen MR) is 97.6 cm³/mol. The molecule has 1 fully saturated rings. The van der Waals surface area contributed by atoms with Crippen molar-refractivity contribution < 1.29 is 0 Å². The highest BCUT2D eigenvalue weighted by Gasteiger charge is 2.24. The van der Waals surface area contributed by atoms with Gasteiger partial charge in [0.05, 0.1) is 16.8 Å². The molecule has 26 heavy (non-hydrogen) atoms. The number of benzene rings is 1. The second-order valence-corrected chi connectivity index (χ2v) is 5.96. The van der Waals surface area contributed by atoms with Crippen molar-refractivity contribution in [3.8, 4) is 12.1 Å². The highest BCUT2D eigenvalue weighted by molar-refractivity contribution is 5.94. The van der Waals surface area contributed by atoms with Crippen molar-refractivity contribution in [1.82, 2.24) is 15.0 Å². The zero-order chi connectivity index (χ0) is 17.9. The highest BCUT2D eigenvalue weighted by atomic mass is 15.3. The zero-order valence-electron chi connectivity index (χ0n) is 14.0. The molecule has 0 atom stereocenters. The summed E-state index contributed by atoms with van der Waals surface area (Å²) in [5.41, 5.74) is 2.73. The molecule has 0 unspecified atom stereocenters. The summed E-state index contributed by atoms with van der Waals surface area (Å²) in [6, 6.07) is 12.2. The molecule has 0 spiro atoms.